The predicted molar refractivity (Wildman–Crippen MR) is 83.7 cm³/mol. The van der Waals surface area contributed by atoms with E-state index in [1.54, 1.807) is 0 Å². The second-order valence-corrected chi connectivity index (χ2v) is 6.53. The van der Waals surface area contributed by atoms with Crippen LogP contribution < -0.4 is 10.2 Å². The summed E-state index contributed by atoms with van der Waals surface area (Å²) in [4.78, 5) is 2.61. The number of nitrogens with one attached hydrogen (secondary N) is 1. The molecule has 106 valence electrons. The topological polar surface area (TPSA) is 15.3 Å². The summed E-state index contributed by atoms with van der Waals surface area (Å²) in [5.41, 5.74) is 1.37. The fourth-order valence-electron chi connectivity index (χ4n) is 3.07. The van der Waals surface area contributed by atoms with E-state index in [2.05, 4.69) is 68.2 Å². The maximum absolute atomic E-state index is 3.74. The second kappa shape index (κ2) is 6.42. The van der Waals surface area contributed by atoms with Gasteiger partial charge in [-0.05, 0) is 30.4 Å². The maximum Gasteiger partial charge on any atom is 0.0438 e. The lowest BCUT2D eigenvalue weighted by Gasteiger charge is -2.44. The molecule has 0 aliphatic carbocycles. The minimum atomic E-state index is 0.603. The first-order valence-electron chi connectivity index (χ1n) is 7.63. The first-order valence-corrected chi connectivity index (χ1v) is 7.63. The third-order valence-corrected chi connectivity index (χ3v) is 4.05. The van der Waals surface area contributed by atoms with Gasteiger partial charge in [-0.3, -0.25) is 0 Å². The number of rotatable bonds is 4. The third kappa shape index (κ3) is 3.73. The van der Waals surface area contributed by atoms with Crippen LogP contribution in [0.25, 0.3) is 0 Å². The summed E-state index contributed by atoms with van der Waals surface area (Å²) in [6, 6.07) is 12.1. The van der Waals surface area contributed by atoms with Crippen LogP contribution >= 0.6 is 0 Å². The van der Waals surface area contributed by atoms with Crippen LogP contribution in [0, 0.1) is 11.8 Å². The van der Waals surface area contributed by atoms with Crippen LogP contribution in [0.4, 0.5) is 5.69 Å². The highest BCUT2D eigenvalue weighted by Gasteiger charge is 2.30. The molecule has 0 spiro atoms. The van der Waals surface area contributed by atoms with Crippen LogP contribution in [-0.4, -0.2) is 25.2 Å². The Balaban J connectivity index is 2.13. The number of piperazine rings is 1. The average molecular weight is 260 g/mol. The molecule has 2 unspecified atom stereocenters. The van der Waals surface area contributed by atoms with E-state index in [0.717, 1.165) is 19.0 Å². The zero-order valence-electron chi connectivity index (χ0n) is 12.8. The molecule has 1 aromatic rings. The Labute approximate surface area is 118 Å². The summed E-state index contributed by atoms with van der Waals surface area (Å²) in [5.74, 6) is 1.43. The zero-order valence-corrected chi connectivity index (χ0v) is 12.8. The predicted octanol–water partition coefficient (Wildman–Crippen LogP) is 3.54. The molecule has 2 atom stereocenters. The molecule has 2 heteroatoms. The van der Waals surface area contributed by atoms with E-state index in [1.165, 1.54) is 12.1 Å². The van der Waals surface area contributed by atoms with Crippen LogP contribution in [0.15, 0.2) is 30.3 Å². The normalized spacial score (nSPS) is 24.2. The Kier molecular flexibility index (Phi) is 4.87. The molecule has 0 radical (unpaired) electrons. The van der Waals surface area contributed by atoms with Gasteiger partial charge in [0.2, 0.25) is 0 Å². The molecule has 0 saturated carbocycles. The lowest BCUT2D eigenvalue weighted by atomic mass is 9.94. The van der Waals surface area contributed by atoms with Crippen LogP contribution in [0.1, 0.15) is 34.1 Å². The van der Waals surface area contributed by atoms with Gasteiger partial charge in [0.15, 0.2) is 0 Å². The number of anilines is 1. The fourth-order valence-corrected chi connectivity index (χ4v) is 3.07. The van der Waals surface area contributed by atoms with E-state index in [4.69, 9.17) is 0 Å². The first kappa shape index (κ1) is 14.4. The summed E-state index contributed by atoms with van der Waals surface area (Å²) in [6.07, 6.45) is 1.26. The molecular weight excluding hydrogens is 232 g/mol. The van der Waals surface area contributed by atoms with E-state index >= 15 is 0 Å². The summed E-state index contributed by atoms with van der Waals surface area (Å²) >= 11 is 0. The van der Waals surface area contributed by atoms with Gasteiger partial charge >= 0.3 is 0 Å². The van der Waals surface area contributed by atoms with Crippen molar-refractivity contribution in [2.24, 2.45) is 11.8 Å². The molecule has 1 aliphatic rings. The highest BCUT2D eigenvalue weighted by Crippen LogP contribution is 2.24. The molecule has 1 aliphatic heterocycles. The van der Waals surface area contributed by atoms with Crippen molar-refractivity contribution < 1.29 is 0 Å². The minimum absolute atomic E-state index is 0.603. The molecular formula is C17H28N2. The summed E-state index contributed by atoms with van der Waals surface area (Å²) in [6.45, 7) is 11.5. The Morgan fingerprint density at radius 1 is 1.16 bits per heavy atom. The van der Waals surface area contributed by atoms with E-state index in [-0.39, 0.29) is 0 Å². The molecule has 0 amide bonds. The van der Waals surface area contributed by atoms with Gasteiger partial charge in [0.05, 0.1) is 0 Å². The van der Waals surface area contributed by atoms with Gasteiger partial charge in [-0.1, -0.05) is 45.9 Å². The lowest BCUT2D eigenvalue weighted by molar-refractivity contribution is 0.310. The second-order valence-electron chi connectivity index (χ2n) is 6.53. The van der Waals surface area contributed by atoms with Crippen molar-refractivity contribution in [3.05, 3.63) is 30.3 Å². The fraction of sp³-hybridized carbons (Fsp3) is 0.647. The third-order valence-electron chi connectivity index (χ3n) is 4.05. The molecule has 1 saturated heterocycles. The first-order chi connectivity index (χ1) is 9.08. The Morgan fingerprint density at radius 2 is 1.84 bits per heavy atom. The molecule has 2 nitrogen and oxygen atoms in total. The van der Waals surface area contributed by atoms with Crippen molar-refractivity contribution >= 4 is 5.69 Å². The average Bonchev–Trinajstić information content (AvgIpc) is 2.38. The number of para-hydroxylation sites is 1. The molecule has 2 rings (SSSR count). The SMILES string of the molecule is CC(C)CC1CN(c2ccccc2)C(C(C)C)CN1. The smallest absolute Gasteiger partial charge is 0.0438 e. The number of hydrogen-bond donors (Lipinski definition) is 1. The van der Waals surface area contributed by atoms with Gasteiger partial charge in [0, 0.05) is 30.9 Å². The number of benzene rings is 1. The van der Waals surface area contributed by atoms with E-state index in [0.29, 0.717) is 18.0 Å². The molecule has 0 aromatic heterocycles. The molecule has 1 fully saturated rings. The van der Waals surface area contributed by atoms with Gasteiger partial charge in [-0.15, -0.1) is 0 Å². The van der Waals surface area contributed by atoms with Gasteiger partial charge in [0.25, 0.3) is 0 Å². The Bertz CT molecular complexity index is 372. The summed E-state index contributed by atoms with van der Waals surface area (Å²) in [5, 5.41) is 3.74. The van der Waals surface area contributed by atoms with Crippen molar-refractivity contribution in [2.75, 3.05) is 18.0 Å². The number of hydrogen-bond acceptors (Lipinski definition) is 2. The Hall–Kier alpha value is -1.02. The van der Waals surface area contributed by atoms with E-state index in [1.807, 2.05) is 0 Å². The maximum atomic E-state index is 3.74. The largest absolute Gasteiger partial charge is 0.365 e. The summed E-state index contributed by atoms with van der Waals surface area (Å²) in [7, 11) is 0. The van der Waals surface area contributed by atoms with Gasteiger partial charge < -0.3 is 10.2 Å². The van der Waals surface area contributed by atoms with Crippen LogP contribution in [-0.2, 0) is 0 Å². The quantitative estimate of drug-likeness (QED) is 0.891. The standard InChI is InChI=1S/C17H28N2/c1-13(2)10-15-12-19(16-8-6-5-7-9-16)17(11-18-15)14(3)4/h5-9,13-15,17-18H,10-12H2,1-4H3. The van der Waals surface area contributed by atoms with Gasteiger partial charge in [0.1, 0.15) is 0 Å². The summed E-state index contributed by atoms with van der Waals surface area (Å²) < 4.78 is 0. The van der Waals surface area contributed by atoms with E-state index < -0.39 is 0 Å². The highest BCUT2D eigenvalue weighted by molar-refractivity contribution is 5.48. The van der Waals surface area contributed by atoms with E-state index in [9.17, 15) is 0 Å². The van der Waals surface area contributed by atoms with Crippen molar-refractivity contribution in [1.82, 2.24) is 5.32 Å². The van der Waals surface area contributed by atoms with Gasteiger partial charge in [-0.2, -0.15) is 0 Å². The van der Waals surface area contributed by atoms with Crippen molar-refractivity contribution in [3.8, 4) is 0 Å². The van der Waals surface area contributed by atoms with Crippen molar-refractivity contribution in [3.63, 3.8) is 0 Å². The van der Waals surface area contributed by atoms with Gasteiger partial charge in [-0.25, -0.2) is 0 Å². The lowest BCUT2D eigenvalue weighted by Crippen LogP contribution is -2.58. The molecule has 1 aromatic carbocycles. The number of nitrogens with zero attached hydrogens (tertiary/aromatic N) is 1. The minimum Gasteiger partial charge on any atom is -0.365 e. The van der Waals surface area contributed by atoms with Crippen molar-refractivity contribution in [1.29, 1.82) is 0 Å². The van der Waals surface area contributed by atoms with Crippen LogP contribution in [0.5, 0.6) is 0 Å². The van der Waals surface area contributed by atoms with Crippen molar-refractivity contribution in [2.45, 2.75) is 46.2 Å². The highest BCUT2D eigenvalue weighted by atomic mass is 15.2. The Morgan fingerprint density at radius 3 is 2.42 bits per heavy atom. The molecule has 19 heavy (non-hydrogen) atoms. The molecule has 1 heterocycles. The zero-order chi connectivity index (χ0) is 13.8. The molecule has 0 bridgehead atoms. The monoisotopic (exact) mass is 260 g/mol. The van der Waals surface area contributed by atoms with Crippen LogP contribution in [0.2, 0.25) is 0 Å². The van der Waals surface area contributed by atoms with Crippen LogP contribution in [0.3, 0.4) is 0 Å². The molecule has 1 N–H and O–H groups in total.